The fourth-order valence-electron chi connectivity index (χ4n) is 4.85. The van der Waals surface area contributed by atoms with Crippen LogP contribution in [0.3, 0.4) is 0 Å². The predicted octanol–water partition coefficient (Wildman–Crippen LogP) is 1.92. The zero-order valence-corrected chi connectivity index (χ0v) is 15.5. The van der Waals surface area contributed by atoms with Gasteiger partial charge in [0.25, 0.3) is 0 Å². The molecule has 2 saturated heterocycles. The number of carboxylic acid groups (broad SMARTS) is 1. The lowest BCUT2D eigenvalue weighted by Gasteiger charge is -2.30. The molecule has 0 bridgehead atoms. The summed E-state index contributed by atoms with van der Waals surface area (Å²) in [7, 11) is 0. The van der Waals surface area contributed by atoms with Gasteiger partial charge in [-0.1, -0.05) is 24.6 Å². The summed E-state index contributed by atoms with van der Waals surface area (Å²) in [6, 6.07) is 7.93. The number of urea groups is 1. The molecular weight excluding hydrogens is 346 g/mol. The molecule has 1 saturated carbocycles. The molecule has 2 atom stereocenters. The number of anilines is 1. The van der Waals surface area contributed by atoms with Crippen LogP contribution < -0.4 is 10.2 Å². The zero-order valence-electron chi connectivity index (χ0n) is 15.5. The second kappa shape index (κ2) is 7.38. The first-order chi connectivity index (χ1) is 13.1. The predicted molar refractivity (Wildman–Crippen MR) is 101 cm³/mol. The van der Waals surface area contributed by atoms with Crippen LogP contribution in [-0.4, -0.2) is 61.4 Å². The van der Waals surface area contributed by atoms with E-state index in [1.807, 2.05) is 18.2 Å². The van der Waals surface area contributed by atoms with Crippen molar-refractivity contribution < 1.29 is 19.4 Å². The number of carbonyl (C=O) groups is 2. The van der Waals surface area contributed by atoms with Gasteiger partial charge in [0, 0.05) is 38.4 Å². The first-order valence-corrected chi connectivity index (χ1v) is 9.77. The van der Waals surface area contributed by atoms with E-state index in [0.717, 1.165) is 37.2 Å². The van der Waals surface area contributed by atoms with Gasteiger partial charge in [0.05, 0.1) is 18.6 Å². The Kier molecular flexibility index (Phi) is 4.95. The van der Waals surface area contributed by atoms with Crippen LogP contribution in [0.25, 0.3) is 0 Å². The number of carbonyl (C=O) groups excluding carboxylic acids is 1. The van der Waals surface area contributed by atoms with Crippen molar-refractivity contribution in [3.8, 4) is 0 Å². The van der Waals surface area contributed by atoms with E-state index >= 15 is 0 Å². The molecule has 0 aromatic heterocycles. The van der Waals surface area contributed by atoms with Crippen LogP contribution in [-0.2, 0) is 16.1 Å². The summed E-state index contributed by atoms with van der Waals surface area (Å²) in [5.74, 6) is -0.667. The molecule has 7 heteroatoms. The van der Waals surface area contributed by atoms with Crippen LogP contribution in [0, 0.1) is 11.3 Å². The van der Waals surface area contributed by atoms with Crippen LogP contribution in [0.4, 0.5) is 10.5 Å². The standard InChI is InChI=1S/C20H27N3O4/c24-18(25)20-7-3-5-16(20)13-23(14-20)19(26)21-12-15-4-1-2-6-17(15)22-8-10-27-11-9-22/h1-2,4,6,16H,3,5,7-14H2,(H,21,26)(H,24,25)/t16-,20+/m0/s1. The molecule has 1 aromatic carbocycles. The average molecular weight is 373 g/mol. The molecule has 1 aromatic rings. The van der Waals surface area contributed by atoms with E-state index in [-0.39, 0.29) is 11.9 Å². The Hall–Kier alpha value is -2.28. The molecule has 2 aliphatic heterocycles. The Morgan fingerprint density at radius 1 is 1.26 bits per heavy atom. The van der Waals surface area contributed by atoms with Crippen molar-refractivity contribution in [3.63, 3.8) is 0 Å². The summed E-state index contributed by atoms with van der Waals surface area (Å²) in [6.45, 7) is 4.43. The number of morpholine rings is 1. The molecule has 3 fully saturated rings. The van der Waals surface area contributed by atoms with Crippen LogP contribution in [0.2, 0.25) is 0 Å². The minimum absolute atomic E-state index is 0.0846. The van der Waals surface area contributed by atoms with Gasteiger partial charge in [0.15, 0.2) is 0 Å². The van der Waals surface area contributed by atoms with E-state index in [9.17, 15) is 14.7 Å². The third-order valence-electron chi connectivity index (χ3n) is 6.36. The number of hydrogen-bond acceptors (Lipinski definition) is 4. The molecule has 1 aliphatic carbocycles. The quantitative estimate of drug-likeness (QED) is 0.843. The van der Waals surface area contributed by atoms with E-state index < -0.39 is 11.4 Å². The van der Waals surface area contributed by atoms with Crippen molar-refractivity contribution in [3.05, 3.63) is 29.8 Å². The monoisotopic (exact) mass is 373 g/mol. The highest BCUT2D eigenvalue weighted by molar-refractivity contribution is 5.80. The first-order valence-electron chi connectivity index (χ1n) is 9.77. The van der Waals surface area contributed by atoms with Crippen LogP contribution in [0.1, 0.15) is 24.8 Å². The molecule has 2 N–H and O–H groups in total. The Labute approximate surface area is 159 Å². The molecule has 0 spiro atoms. The summed E-state index contributed by atoms with van der Waals surface area (Å²) >= 11 is 0. The topological polar surface area (TPSA) is 82.1 Å². The van der Waals surface area contributed by atoms with Crippen molar-refractivity contribution in [2.45, 2.75) is 25.8 Å². The molecule has 4 rings (SSSR count). The highest BCUT2D eigenvalue weighted by atomic mass is 16.5. The minimum atomic E-state index is -0.752. The molecule has 27 heavy (non-hydrogen) atoms. The Bertz CT molecular complexity index is 719. The van der Waals surface area contributed by atoms with Crippen molar-refractivity contribution in [2.75, 3.05) is 44.3 Å². The molecule has 2 heterocycles. The fourth-order valence-corrected chi connectivity index (χ4v) is 4.85. The number of likely N-dealkylation sites (tertiary alicyclic amines) is 1. The molecule has 2 amide bonds. The second-order valence-corrected chi connectivity index (χ2v) is 7.82. The maximum Gasteiger partial charge on any atom is 0.317 e. The number of nitrogens with zero attached hydrogens (tertiary/aromatic N) is 2. The van der Waals surface area contributed by atoms with Crippen LogP contribution >= 0.6 is 0 Å². The van der Waals surface area contributed by atoms with E-state index in [2.05, 4.69) is 16.3 Å². The lowest BCUT2D eigenvalue weighted by Crippen LogP contribution is -2.42. The lowest BCUT2D eigenvalue weighted by atomic mass is 9.81. The second-order valence-electron chi connectivity index (χ2n) is 7.82. The molecule has 146 valence electrons. The number of amides is 2. The Morgan fingerprint density at radius 3 is 2.78 bits per heavy atom. The van der Waals surface area contributed by atoms with Gasteiger partial charge in [-0.15, -0.1) is 0 Å². The summed E-state index contributed by atoms with van der Waals surface area (Å²) in [4.78, 5) is 28.5. The highest BCUT2D eigenvalue weighted by Gasteiger charge is 2.55. The zero-order chi connectivity index (χ0) is 18.9. The number of carboxylic acids is 1. The van der Waals surface area contributed by atoms with Crippen molar-refractivity contribution in [1.82, 2.24) is 10.2 Å². The number of para-hydroxylation sites is 1. The largest absolute Gasteiger partial charge is 0.481 e. The Morgan fingerprint density at radius 2 is 2.04 bits per heavy atom. The average Bonchev–Trinajstić information content (AvgIpc) is 3.26. The van der Waals surface area contributed by atoms with Crippen molar-refractivity contribution in [1.29, 1.82) is 0 Å². The summed E-state index contributed by atoms with van der Waals surface area (Å²) < 4.78 is 5.43. The maximum absolute atomic E-state index is 12.7. The lowest BCUT2D eigenvalue weighted by molar-refractivity contribution is -0.149. The van der Waals surface area contributed by atoms with Crippen molar-refractivity contribution in [2.24, 2.45) is 11.3 Å². The fraction of sp³-hybridized carbons (Fsp3) is 0.600. The first kappa shape index (κ1) is 18.1. The number of ether oxygens (including phenoxy) is 1. The van der Waals surface area contributed by atoms with E-state index in [1.54, 1.807) is 4.90 Å². The Balaban J connectivity index is 1.40. The van der Waals surface area contributed by atoms with Gasteiger partial charge in [-0.05, 0) is 30.4 Å². The number of nitrogens with one attached hydrogen (secondary N) is 1. The number of aliphatic carboxylic acids is 1. The third-order valence-corrected chi connectivity index (χ3v) is 6.36. The van der Waals surface area contributed by atoms with Gasteiger partial charge in [0.1, 0.15) is 0 Å². The summed E-state index contributed by atoms with van der Waals surface area (Å²) in [6.07, 6.45) is 2.52. The van der Waals surface area contributed by atoms with Crippen LogP contribution in [0.15, 0.2) is 24.3 Å². The highest BCUT2D eigenvalue weighted by Crippen LogP contribution is 2.48. The molecule has 0 unspecified atom stereocenters. The van der Waals surface area contributed by atoms with Crippen molar-refractivity contribution >= 4 is 17.7 Å². The maximum atomic E-state index is 12.7. The van der Waals surface area contributed by atoms with Gasteiger partial charge in [-0.3, -0.25) is 4.79 Å². The molecule has 7 nitrogen and oxygen atoms in total. The summed E-state index contributed by atoms with van der Waals surface area (Å²) in [5, 5.41) is 12.7. The molecule has 3 aliphatic rings. The number of rotatable bonds is 4. The third kappa shape index (κ3) is 3.36. The van der Waals surface area contributed by atoms with Crippen LogP contribution in [0.5, 0.6) is 0 Å². The van der Waals surface area contributed by atoms with E-state index in [1.165, 1.54) is 0 Å². The number of benzene rings is 1. The van der Waals surface area contributed by atoms with Gasteiger partial charge in [-0.25, -0.2) is 4.79 Å². The normalized spacial score (nSPS) is 27.5. The van der Waals surface area contributed by atoms with E-state index in [4.69, 9.17) is 4.74 Å². The van der Waals surface area contributed by atoms with Gasteiger partial charge in [-0.2, -0.15) is 0 Å². The summed E-state index contributed by atoms with van der Waals surface area (Å²) in [5.41, 5.74) is 1.46. The minimum Gasteiger partial charge on any atom is -0.481 e. The van der Waals surface area contributed by atoms with Gasteiger partial charge >= 0.3 is 12.0 Å². The molecular formula is C20H27N3O4. The van der Waals surface area contributed by atoms with Gasteiger partial charge in [0.2, 0.25) is 0 Å². The smallest absolute Gasteiger partial charge is 0.317 e. The molecule has 0 radical (unpaired) electrons. The number of hydrogen-bond donors (Lipinski definition) is 2. The van der Waals surface area contributed by atoms with E-state index in [0.29, 0.717) is 39.3 Å². The number of fused-ring (bicyclic) bond motifs is 1. The SMILES string of the molecule is O=C(NCc1ccccc1N1CCOCC1)N1C[C@@H]2CCC[C@@]2(C(=O)O)C1. The van der Waals surface area contributed by atoms with Gasteiger partial charge < -0.3 is 25.0 Å².